The first kappa shape index (κ1) is 24.6. The number of nitrogens with zero attached hydrogens (tertiary/aromatic N) is 5. The second-order valence-corrected chi connectivity index (χ2v) is 9.59. The minimum atomic E-state index is -0.261. The van der Waals surface area contributed by atoms with Gasteiger partial charge >= 0.3 is 0 Å². The molecule has 39 heavy (non-hydrogen) atoms. The lowest BCUT2D eigenvalue weighted by atomic mass is 9.87. The van der Waals surface area contributed by atoms with Crippen molar-refractivity contribution in [2.45, 2.75) is 31.8 Å². The highest BCUT2D eigenvalue weighted by molar-refractivity contribution is 5.94. The number of benzene rings is 2. The van der Waals surface area contributed by atoms with Crippen molar-refractivity contribution in [2.24, 2.45) is 0 Å². The predicted molar refractivity (Wildman–Crippen MR) is 142 cm³/mol. The lowest BCUT2D eigenvalue weighted by Gasteiger charge is -2.38. The average Bonchev–Trinajstić information content (AvgIpc) is 3.49. The highest BCUT2D eigenvalue weighted by Gasteiger charge is 2.32. The number of rotatable bonds is 3. The molecule has 8 bridgehead atoms. The molecule has 0 saturated carbocycles. The zero-order valence-electron chi connectivity index (χ0n) is 21.3. The van der Waals surface area contributed by atoms with Crippen LogP contribution in [0.3, 0.4) is 0 Å². The Morgan fingerprint density at radius 1 is 1.03 bits per heavy atom. The SMILES string of the molecule is O=C1NCCCOc2cccc(c2)C2c3ccc(cc3CCN2C(=O)CCn2cnnc2)Oc2cncc1c2. The fraction of sp³-hybridized carbons (Fsp3) is 0.276. The quantitative estimate of drug-likeness (QED) is 0.436. The molecule has 1 N–H and O–H groups in total. The van der Waals surface area contributed by atoms with E-state index < -0.39 is 0 Å². The maximum atomic E-state index is 13.5. The second kappa shape index (κ2) is 10.9. The molecule has 3 aliphatic rings. The van der Waals surface area contributed by atoms with Crippen molar-refractivity contribution >= 4 is 11.8 Å². The van der Waals surface area contributed by atoms with Crippen molar-refractivity contribution in [2.75, 3.05) is 19.7 Å². The topological polar surface area (TPSA) is 111 Å². The predicted octanol–water partition coefficient (Wildman–Crippen LogP) is 3.54. The number of pyridine rings is 1. The molecule has 198 valence electrons. The lowest BCUT2D eigenvalue weighted by molar-refractivity contribution is -0.133. The van der Waals surface area contributed by atoms with Gasteiger partial charge in [-0.1, -0.05) is 18.2 Å². The zero-order chi connectivity index (χ0) is 26.6. The molecule has 10 heteroatoms. The highest BCUT2D eigenvalue weighted by atomic mass is 16.5. The molecule has 5 heterocycles. The van der Waals surface area contributed by atoms with E-state index in [1.165, 1.54) is 6.20 Å². The van der Waals surface area contributed by atoms with Crippen LogP contribution in [-0.4, -0.2) is 56.2 Å². The van der Waals surface area contributed by atoms with Gasteiger partial charge in [0.2, 0.25) is 5.91 Å². The van der Waals surface area contributed by atoms with Gasteiger partial charge in [-0.25, -0.2) is 0 Å². The molecule has 1 unspecified atom stereocenters. The summed E-state index contributed by atoms with van der Waals surface area (Å²) in [6.45, 7) is 1.99. The van der Waals surface area contributed by atoms with Gasteiger partial charge in [0.1, 0.15) is 29.9 Å². The van der Waals surface area contributed by atoms with Crippen LogP contribution in [0.5, 0.6) is 17.2 Å². The number of aryl methyl sites for hydroxylation is 1. The van der Waals surface area contributed by atoms with Crippen LogP contribution in [0.15, 0.2) is 73.6 Å². The molecule has 0 fully saturated rings. The average molecular weight is 525 g/mol. The van der Waals surface area contributed by atoms with E-state index in [1.54, 1.807) is 24.9 Å². The van der Waals surface area contributed by atoms with Gasteiger partial charge in [-0.15, -0.1) is 10.2 Å². The monoisotopic (exact) mass is 524 g/mol. The molecular weight excluding hydrogens is 496 g/mol. The summed E-state index contributed by atoms with van der Waals surface area (Å²) in [4.78, 5) is 32.3. The van der Waals surface area contributed by atoms with E-state index in [4.69, 9.17) is 9.47 Å². The number of carbonyl (C=O) groups excluding carboxylic acids is 2. The Morgan fingerprint density at radius 2 is 1.92 bits per heavy atom. The van der Waals surface area contributed by atoms with Crippen molar-refractivity contribution in [1.82, 2.24) is 30.0 Å². The standard InChI is InChI=1S/C29H28N6O4/c36-27(8-10-34-18-32-33-19-34)35-11-7-20-13-24-5-6-26(20)28(35)21-3-1-4-23(14-21)38-12-2-9-31-29(37)22-15-25(39-24)17-30-16-22/h1,3-6,13-19,28H,2,7-12H2,(H,31,37). The molecule has 0 spiro atoms. The van der Waals surface area contributed by atoms with Gasteiger partial charge in [-0.2, -0.15) is 0 Å². The summed E-state index contributed by atoms with van der Waals surface area (Å²) in [5.41, 5.74) is 3.57. The molecular formula is C29H28N6O4. The lowest BCUT2D eigenvalue weighted by Crippen LogP contribution is -2.41. The van der Waals surface area contributed by atoms with Gasteiger partial charge in [-0.3, -0.25) is 14.6 Å². The Bertz CT molecular complexity index is 1490. The van der Waals surface area contributed by atoms with Gasteiger partial charge in [0.05, 0.1) is 24.4 Å². The summed E-state index contributed by atoms with van der Waals surface area (Å²) in [6.07, 6.45) is 8.03. The Kier molecular flexibility index (Phi) is 6.90. The largest absolute Gasteiger partial charge is 0.494 e. The number of amides is 2. The van der Waals surface area contributed by atoms with E-state index in [1.807, 2.05) is 51.9 Å². The van der Waals surface area contributed by atoms with E-state index >= 15 is 0 Å². The van der Waals surface area contributed by atoms with Gasteiger partial charge < -0.3 is 24.3 Å². The second-order valence-electron chi connectivity index (χ2n) is 9.59. The smallest absolute Gasteiger partial charge is 0.252 e. The molecule has 0 radical (unpaired) electrons. The molecule has 0 saturated heterocycles. The molecule has 7 rings (SSSR count). The van der Waals surface area contributed by atoms with Gasteiger partial charge in [-0.05, 0) is 59.9 Å². The number of aromatic nitrogens is 4. The number of ether oxygens (including phenoxy) is 2. The number of nitrogens with one attached hydrogen (secondary N) is 1. The van der Waals surface area contributed by atoms with E-state index in [2.05, 4.69) is 20.5 Å². The van der Waals surface area contributed by atoms with Crippen molar-refractivity contribution in [3.05, 3.63) is 95.8 Å². The van der Waals surface area contributed by atoms with Crippen molar-refractivity contribution in [3.8, 4) is 17.2 Å². The Balaban J connectivity index is 1.36. The summed E-state index contributed by atoms with van der Waals surface area (Å²) in [6, 6.07) is 15.3. The Hall–Kier alpha value is -4.73. The fourth-order valence-corrected chi connectivity index (χ4v) is 5.08. The molecule has 3 aliphatic heterocycles. The first-order valence-corrected chi connectivity index (χ1v) is 13.0. The molecule has 4 aromatic rings. The summed E-state index contributed by atoms with van der Waals surface area (Å²) < 4.78 is 13.9. The van der Waals surface area contributed by atoms with E-state index in [0.717, 1.165) is 22.4 Å². The van der Waals surface area contributed by atoms with Crippen LogP contribution in [0.4, 0.5) is 0 Å². The van der Waals surface area contributed by atoms with Crippen molar-refractivity contribution < 1.29 is 19.1 Å². The first-order valence-electron chi connectivity index (χ1n) is 13.0. The van der Waals surface area contributed by atoms with Gasteiger partial charge in [0.15, 0.2) is 0 Å². The van der Waals surface area contributed by atoms with Crippen LogP contribution in [0.2, 0.25) is 0 Å². The van der Waals surface area contributed by atoms with Crippen LogP contribution < -0.4 is 14.8 Å². The molecule has 0 aliphatic carbocycles. The number of hydrogen-bond acceptors (Lipinski definition) is 7. The van der Waals surface area contributed by atoms with Crippen molar-refractivity contribution in [3.63, 3.8) is 0 Å². The summed E-state index contributed by atoms with van der Waals surface area (Å²) in [7, 11) is 0. The third-order valence-corrected chi connectivity index (χ3v) is 6.97. The van der Waals surface area contributed by atoms with Gasteiger partial charge in [0, 0.05) is 32.3 Å². The number of carbonyl (C=O) groups is 2. The molecule has 2 amide bonds. The van der Waals surface area contributed by atoms with Crippen LogP contribution >= 0.6 is 0 Å². The molecule has 1 atom stereocenters. The van der Waals surface area contributed by atoms with Crippen LogP contribution in [0.1, 0.15) is 45.9 Å². The van der Waals surface area contributed by atoms with Crippen LogP contribution in [-0.2, 0) is 17.8 Å². The van der Waals surface area contributed by atoms with Crippen LogP contribution in [0, 0.1) is 0 Å². The minimum absolute atomic E-state index is 0.0618. The van der Waals surface area contributed by atoms with E-state index in [0.29, 0.717) is 62.6 Å². The van der Waals surface area contributed by atoms with E-state index in [-0.39, 0.29) is 17.9 Å². The normalized spacial score (nSPS) is 16.9. The molecule has 2 aromatic carbocycles. The molecule has 2 aromatic heterocycles. The highest BCUT2D eigenvalue weighted by Crippen LogP contribution is 2.39. The summed E-state index contributed by atoms with van der Waals surface area (Å²) >= 11 is 0. The third kappa shape index (κ3) is 5.45. The van der Waals surface area contributed by atoms with E-state index in [9.17, 15) is 9.59 Å². The maximum Gasteiger partial charge on any atom is 0.252 e. The third-order valence-electron chi connectivity index (χ3n) is 6.97. The minimum Gasteiger partial charge on any atom is -0.494 e. The zero-order valence-corrected chi connectivity index (χ0v) is 21.3. The maximum absolute atomic E-state index is 13.5. The van der Waals surface area contributed by atoms with Crippen LogP contribution in [0.25, 0.3) is 0 Å². The Morgan fingerprint density at radius 3 is 2.82 bits per heavy atom. The molecule has 10 nitrogen and oxygen atoms in total. The summed E-state index contributed by atoms with van der Waals surface area (Å²) in [5, 5.41) is 10.6. The van der Waals surface area contributed by atoms with Gasteiger partial charge in [0.25, 0.3) is 5.91 Å². The first-order chi connectivity index (χ1) is 19.1. The number of fused-ring (bicyclic) bond motifs is 6. The number of hydrogen-bond donors (Lipinski definition) is 1. The Labute approximate surface area is 225 Å². The summed E-state index contributed by atoms with van der Waals surface area (Å²) in [5.74, 6) is 1.71. The van der Waals surface area contributed by atoms with Crippen molar-refractivity contribution in [1.29, 1.82) is 0 Å². The fourth-order valence-electron chi connectivity index (χ4n) is 5.08.